The molecule has 0 saturated carbocycles. The number of hydrogen-bond acceptors (Lipinski definition) is 2. The highest BCUT2D eigenvalue weighted by Gasteiger charge is 2.03. The monoisotopic (exact) mass is 277 g/mol. The number of carbonyl (C=O) groups excluding carboxylic acids is 1. The average molecular weight is 277 g/mol. The molecule has 0 radical (unpaired) electrons. The Morgan fingerprint density at radius 2 is 1.75 bits per heavy atom. The van der Waals surface area contributed by atoms with E-state index >= 15 is 0 Å². The fourth-order valence-electron chi connectivity index (χ4n) is 2.33. The van der Waals surface area contributed by atoms with E-state index in [0.717, 1.165) is 18.4 Å². The van der Waals surface area contributed by atoms with Crippen molar-refractivity contribution in [3.8, 4) is 5.75 Å². The van der Waals surface area contributed by atoms with Crippen LogP contribution >= 0.6 is 0 Å². The highest BCUT2D eigenvalue weighted by atomic mass is 16.3. The summed E-state index contributed by atoms with van der Waals surface area (Å²) in [5, 5.41) is 12.6. The van der Waals surface area contributed by atoms with Gasteiger partial charge in [-0.1, -0.05) is 51.5 Å². The number of phenols is 1. The highest BCUT2D eigenvalue weighted by Crippen LogP contribution is 2.24. The third-order valence-electron chi connectivity index (χ3n) is 3.46. The van der Waals surface area contributed by atoms with E-state index in [4.69, 9.17) is 0 Å². The molecule has 0 saturated heterocycles. The SMILES string of the molecule is CCCCCCCCCc1ccc(NC(C)=O)cc1O. The second-order valence-electron chi connectivity index (χ2n) is 5.40. The molecule has 3 heteroatoms. The van der Waals surface area contributed by atoms with Crippen molar-refractivity contribution in [2.75, 3.05) is 5.32 Å². The molecule has 112 valence electrons. The zero-order valence-electron chi connectivity index (χ0n) is 12.7. The molecule has 0 heterocycles. The lowest BCUT2D eigenvalue weighted by molar-refractivity contribution is -0.114. The molecule has 1 aromatic rings. The van der Waals surface area contributed by atoms with E-state index in [1.807, 2.05) is 12.1 Å². The van der Waals surface area contributed by atoms with Crippen molar-refractivity contribution in [1.29, 1.82) is 0 Å². The van der Waals surface area contributed by atoms with Gasteiger partial charge in [0.05, 0.1) is 0 Å². The number of amides is 1. The van der Waals surface area contributed by atoms with Crippen LogP contribution in [0.1, 0.15) is 64.4 Å². The summed E-state index contributed by atoms with van der Waals surface area (Å²) in [7, 11) is 0. The Kier molecular flexibility index (Phi) is 7.78. The van der Waals surface area contributed by atoms with Crippen LogP contribution in [-0.2, 0) is 11.2 Å². The van der Waals surface area contributed by atoms with Crippen LogP contribution in [0.15, 0.2) is 18.2 Å². The van der Waals surface area contributed by atoms with Crippen LogP contribution in [0, 0.1) is 0 Å². The number of aryl methyl sites for hydroxylation is 1. The molecule has 0 spiro atoms. The number of rotatable bonds is 9. The Labute approximate surface area is 122 Å². The summed E-state index contributed by atoms with van der Waals surface area (Å²) in [6.07, 6.45) is 9.80. The summed E-state index contributed by atoms with van der Waals surface area (Å²) < 4.78 is 0. The normalized spacial score (nSPS) is 10.5. The van der Waals surface area contributed by atoms with Crippen molar-refractivity contribution in [2.45, 2.75) is 65.2 Å². The number of hydrogen-bond donors (Lipinski definition) is 2. The standard InChI is InChI=1S/C17H27NO2/c1-3-4-5-6-7-8-9-10-15-11-12-16(13-17(15)20)18-14(2)19/h11-13,20H,3-10H2,1-2H3,(H,18,19). The summed E-state index contributed by atoms with van der Waals surface area (Å²) in [6, 6.07) is 5.37. The first-order valence-corrected chi connectivity index (χ1v) is 7.73. The van der Waals surface area contributed by atoms with E-state index in [1.54, 1.807) is 6.07 Å². The van der Waals surface area contributed by atoms with Gasteiger partial charge in [-0.15, -0.1) is 0 Å². The second-order valence-corrected chi connectivity index (χ2v) is 5.40. The first-order valence-electron chi connectivity index (χ1n) is 7.73. The Hall–Kier alpha value is -1.51. The Balaban J connectivity index is 2.28. The van der Waals surface area contributed by atoms with Crippen LogP contribution in [0.5, 0.6) is 5.75 Å². The van der Waals surface area contributed by atoms with Crippen LogP contribution in [0.3, 0.4) is 0 Å². The zero-order valence-corrected chi connectivity index (χ0v) is 12.7. The van der Waals surface area contributed by atoms with Gasteiger partial charge in [0.25, 0.3) is 0 Å². The van der Waals surface area contributed by atoms with Crippen molar-refractivity contribution in [3.63, 3.8) is 0 Å². The fourth-order valence-corrected chi connectivity index (χ4v) is 2.33. The lowest BCUT2D eigenvalue weighted by atomic mass is 10.0. The van der Waals surface area contributed by atoms with Crippen LogP contribution in [0.4, 0.5) is 5.69 Å². The van der Waals surface area contributed by atoms with Gasteiger partial charge in [-0.25, -0.2) is 0 Å². The maximum absolute atomic E-state index is 10.9. The minimum Gasteiger partial charge on any atom is -0.508 e. The van der Waals surface area contributed by atoms with Gasteiger partial charge in [0.1, 0.15) is 5.75 Å². The molecule has 1 rings (SSSR count). The van der Waals surface area contributed by atoms with Gasteiger partial charge in [0.15, 0.2) is 0 Å². The largest absolute Gasteiger partial charge is 0.508 e. The number of carbonyl (C=O) groups is 1. The fraction of sp³-hybridized carbons (Fsp3) is 0.588. The average Bonchev–Trinajstić information content (AvgIpc) is 2.39. The number of aromatic hydroxyl groups is 1. The van der Waals surface area contributed by atoms with Crippen molar-refractivity contribution in [3.05, 3.63) is 23.8 Å². The van der Waals surface area contributed by atoms with Crippen LogP contribution < -0.4 is 5.32 Å². The summed E-state index contributed by atoms with van der Waals surface area (Å²) in [5.41, 5.74) is 1.62. The third kappa shape index (κ3) is 6.60. The van der Waals surface area contributed by atoms with Crippen molar-refractivity contribution in [2.24, 2.45) is 0 Å². The molecule has 0 aliphatic carbocycles. The molecule has 0 unspecified atom stereocenters. The van der Waals surface area contributed by atoms with E-state index in [1.165, 1.54) is 45.4 Å². The molecule has 0 bridgehead atoms. The molecule has 3 nitrogen and oxygen atoms in total. The Bertz CT molecular complexity index is 415. The smallest absolute Gasteiger partial charge is 0.221 e. The number of phenolic OH excluding ortho intramolecular Hbond substituents is 1. The highest BCUT2D eigenvalue weighted by molar-refractivity contribution is 5.88. The van der Waals surface area contributed by atoms with Gasteiger partial charge in [-0.3, -0.25) is 4.79 Å². The van der Waals surface area contributed by atoms with Crippen molar-refractivity contribution < 1.29 is 9.90 Å². The molecule has 0 fully saturated rings. The van der Waals surface area contributed by atoms with Crippen LogP contribution in [-0.4, -0.2) is 11.0 Å². The van der Waals surface area contributed by atoms with Gasteiger partial charge in [-0.2, -0.15) is 0 Å². The Morgan fingerprint density at radius 3 is 2.35 bits per heavy atom. The topological polar surface area (TPSA) is 49.3 Å². The molecule has 0 aliphatic rings. The molecule has 1 aromatic carbocycles. The summed E-state index contributed by atoms with van der Waals surface area (Å²) in [6.45, 7) is 3.69. The predicted octanol–water partition coefficient (Wildman–Crippen LogP) is 4.64. The summed E-state index contributed by atoms with van der Waals surface area (Å²) in [4.78, 5) is 10.9. The maximum Gasteiger partial charge on any atom is 0.221 e. The van der Waals surface area contributed by atoms with E-state index in [0.29, 0.717) is 5.69 Å². The van der Waals surface area contributed by atoms with E-state index < -0.39 is 0 Å². The number of unbranched alkanes of at least 4 members (excludes halogenated alkanes) is 6. The summed E-state index contributed by atoms with van der Waals surface area (Å²) >= 11 is 0. The molecule has 20 heavy (non-hydrogen) atoms. The molecule has 0 aromatic heterocycles. The van der Waals surface area contributed by atoms with Gasteiger partial charge in [-0.05, 0) is 24.5 Å². The Morgan fingerprint density at radius 1 is 1.10 bits per heavy atom. The molecule has 1 amide bonds. The zero-order chi connectivity index (χ0) is 14.8. The van der Waals surface area contributed by atoms with Gasteiger partial charge < -0.3 is 10.4 Å². The van der Waals surface area contributed by atoms with Gasteiger partial charge in [0.2, 0.25) is 5.91 Å². The lowest BCUT2D eigenvalue weighted by Gasteiger charge is -2.08. The van der Waals surface area contributed by atoms with E-state index in [-0.39, 0.29) is 11.7 Å². The number of anilines is 1. The molecular formula is C17H27NO2. The third-order valence-corrected chi connectivity index (χ3v) is 3.46. The predicted molar refractivity (Wildman–Crippen MR) is 84.1 cm³/mol. The van der Waals surface area contributed by atoms with E-state index in [9.17, 15) is 9.90 Å². The first kappa shape index (κ1) is 16.5. The number of benzene rings is 1. The van der Waals surface area contributed by atoms with Crippen molar-refractivity contribution >= 4 is 11.6 Å². The van der Waals surface area contributed by atoms with Crippen LogP contribution in [0.2, 0.25) is 0 Å². The van der Waals surface area contributed by atoms with Gasteiger partial charge in [0, 0.05) is 18.7 Å². The van der Waals surface area contributed by atoms with E-state index in [2.05, 4.69) is 12.2 Å². The molecular weight excluding hydrogens is 250 g/mol. The molecule has 0 atom stereocenters. The quantitative estimate of drug-likeness (QED) is 0.646. The molecule has 0 aliphatic heterocycles. The summed E-state index contributed by atoms with van der Waals surface area (Å²) in [5.74, 6) is 0.159. The van der Waals surface area contributed by atoms with Crippen molar-refractivity contribution in [1.82, 2.24) is 0 Å². The van der Waals surface area contributed by atoms with Gasteiger partial charge >= 0.3 is 0 Å². The minimum absolute atomic E-state index is 0.121. The first-order chi connectivity index (χ1) is 9.63. The van der Waals surface area contributed by atoms with Crippen LogP contribution in [0.25, 0.3) is 0 Å². The lowest BCUT2D eigenvalue weighted by Crippen LogP contribution is -2.05. The maximum atomic E-state index is 10.9. The minimum atomic E-state index is -0.121. The second kappa shape index (κ2) is 9.40. The number of nitrogens with one attached hydrogen (secondary N) is 1. The molecule has 2 N–H and O–H groups in total.